The Bertz CT molecular complexity index is 479. The van der Waals surface area contributed by atoms with Crippen LogP contribution in [0, 0.1) is 0 Å². The molecule has 0 amide bonds. The van der Waals surface area contributed by atoms with Crippen molar-refractivity contribution in [3.63, 3.8) is 0 Å². The highest BCUT2D eigenvalue weighted by molar-refractivity contribution is 7.13. The van der Waals surface area contributed by atoms with Crippen molar-refractivity contribution >= 4 is 22.2 Å². The summed E-state index contributed by atoms with van der Waals surface area (Å²) in [4.78, 5) is 4.50. The van der Waals surface area contributed by atoms with Gasteiger partial charge in [-0.2, -0.15) is 0 Å². The number of aryl methyl sites for hydroxylation is 1. The van der Waals surface area contributed by atoms with E-state index < -0.39 is 0 Å². The lowest BCUT2D eigenvalue weighted by molar-refractivity contribution is 0.936. The van der Waals surface area contributed by atoms with E-state index in [1.165, 1.54) is 5.56 Å². The lowest BCUT2D eigenvalue weighted by Gasteiger charge is -2.07. The van der Waals surface area contributed by atoms with Crippen molar-refractivity contribution in [3.8, 4) is 0 Å². The predicted molar refractivity (Wildman–Crippen MR) is 74.0 cm³/mol. The van der Waals surface area contributed by atoms with Gasteiger partial charge in [0.15, 0.2) is 5.13 Å². The fraction of sp³-hybridized carbons (Fsp3) is 0.308. The number of anilines is 2. The summed E-state index contributed by atoms with van der Waals surface area (Å²) in [5, 5.41) is 6.37. The maximum atomic E-state index is 5.51. The first-order valence-electron chi connectivity index (χ1n) is 5.83. The van der Waals surface area contributed by atoms with Crippen LogP contribution in [0.25, 0.3) is 0 Å². The van der Waals surface area contributed by atoms with Crippen molar-refractivity contribution in [2.75, 3.05) is 11.9 Å². The summed E-state index contributed by atoms with van der Waals surface area (Å²) in [6, 6.07) is 8.32. The van der Waals surface area contributed by atoms with E-state index in [1.807, 2.05) is 6.07 Å². The van der Waals surface area contributed by atoms with Crippen LogP contribution in [0.3, 0.4) is 0 Å². The smallest absolute Gasteiger partial charge is 0.187 e. The molecule has 1 heterocycles. The fourth-order valence-electron chi connectivity index (χ4n) is 1.69. The summed E-state index contributed by atoms with van der Waals surface area (Å²) in [7, 11) is 0. The molecule has 17 heavy (non-hydrogen) atoms. The van der Waals surface area contributed by atoms with Gasteiger partial charge in [0, 0.05) is 17.5 Å². The maximum Gasteiger partial charge on any atom is 0.187 e. The van der Waals surface area contributed by atoms with Gasteiger partial charge in [0.1, 0.15) is 0 Å². The molecule has 0 saturated heterocycles. The second-order valence-electron chi connectivity index (χ2n) is 3.82. The summed E-state index contributed by atoms with van der Waals surface area (Å²) in [6.45, 7) is 2.80. The van der Waals surface area contributed by atoms with E-state index in [0.717, 1.165) is 29.4 Å². The van der Waals surface area contributed by atoms with Crippen LogP contribution in [0.1, 0.15) is 18.2 Å². The second kappa shape index (κ2) is 5.80. The minimum absolute atomic E-state index is 0.648. The van der Waals surface area contributed by atoms with Gasteiger partial charge < -0.3 is 11.1 Å². The Morgan fingerprint density at radius 3 is 2.94 bits per heavy atom. The van der Waals surface area contributed by atoms with Crippen molar-refractivity contribution in [3.05, 3.63) is 40.9 Å². The third kappa shape index (κ3) is 3.05. The van der Waals surface area contributed by atoms with Gasteiger partial charge in [-0.05, 0) is 24.6 Å². The highest BCUT2D eigenvalue weighted by atomic mass is 32.1. The van der Waals surface area contributed by atoms with Gasteiger partial charge in [0.25, 0.3) is 0 Å². The first kappa shape index (κ1) is 12.1. The van der Waals surface area contributed by atoms with Crippen molar-refractivity contribution in [2.24, 2.45) is 5.73 Å². The van der Waals surface area contributed by atoms with Gasteiger partial charge in [-0.25, -0.2) is 4.98 Å². The Morgan fingerprint density at radius 2 is 2.18 bits per heavy atom. The first-order chi connectivity index (χ1) is 8.33. The minimum atomic E-state index is 0.648. The number of hydrogen-bond donors (Lipinski definition) is 2. The molecular weight excluding hydrogens is 230 g/mol. The molecule has 0 atom stereocenters. The molecular formula is C13H17N3S. The second-order valence-corrected chi connectivity index (χ2v) is 4.68. The van der Waals surface area contributed by atoms with Gasteiger partial charge in [-0.3, -0.25) is 0 Å². The number of nitrogens with two attached hydrogens (primary N) is 1. The van der Waals surface area contributed by atoms with E-state index in [2.05, 4.69) is 40.8 Å². The van der Waals surface area contributed by atoms with Crippen LogP contribution >= 0.6 is 11.3 Å². The number of aromatic nitrogens is 1. The zero-order valence-electron chi connectivity index (χ0n) is 9.94. The molecule has 0 fully saturated rings. The van der Waals surface area contributed by atoms with Crippen LogP contribution in [-0.2, 0) is 12.8 Å². The normalized spacial score (nSPS) is 10.5. The highest BCUT2D eigenvalue weighted by Crippen LogP contribution is 2.24. The van der Waals surface area contributed by atoms with E-state index in [4.69, 9.17) is 5.73 Å². The van der Waals surface area contributed by atoms with Gasteiger partial charge in [-0.15, -0.1) is 11.3 Å². The van der Waals surface area contributed by atoms with Crippen molar-refractivity contribution < 1.29 is 0 Å². The molecule has 0 unspecified atom stereocenters. The van der Waals surface area contributed by atoms with E-state index >= 15 is 0 Å². The molecule has 4 heteroatoms. The summed E-state index contributed by atoms with van der Waals surface area (Å²) in [6.07, 6.45) is 1.86. The van der Waals surface area contributed by atoms with Crippen LogP contribution in [0.2, 0.25) is 0 Å². The van der Waals surface area contributed by atoms with Gasteiger partial charge in [0.2, 0.25) is 0 Å². The summed E-state index contributed by atoms with van der Waals surface area (Å²) in [5.41, 5.74) is 9.03. The minimum Gasteiger partial charge on any atom is -0.331 e. The Labute approximate surface area is 106 Å². The number of thiazole rings is 1. The van der Waals surface area contributed by atoms with Gasteiger partial charge in [-0.1, -0.05) is 25.1 Å². The molecule has 0 saturated carbocycles. The molecule has 0 radical (unpaired) electrons. The summed E-state index contributed by atoms with van der Waals surface area (Å²) in [5.74, 6) is 0. The number of nitrogens with one attached hydrogen (secondary N) is 1. The van der Waals surface area contributed by atoms with E-state index in [-0.39, 0.29) is 0 Å². The topological polar surface area (TPSA) is 50.9 Å². The molecule has 2 rings (SSSR count). The molecule has 0 aliphatic rings. The Morgan fingerprint density at radius 1 is 1.35 bits per heavy atom. The highest BCUT2D eigenvalue weighted by Gasteiger charge is 2.04. The van der Waals surface area contributed by atoms with E-state index in [1.54, 1.807) is 11.3 Å². The molecule has 1 aromatic carbocycles. The monoisotopic (exact) mass is 247 g/mol. The van der Waals surface area contributed by atoms with Crippen LogP contribution in [-0.4, -0.2) is 11.5 Å². The number of benzene rings is 1. The largest absolute Gasteiger partial charge is 0.331 e. The predicted octanol–water partition coefficient (Wildman–Crippen LogP) is 2.95. The third-order valence-electron chi connectivity index (χ3n) is 2.59. The fourth-order valence-corrected chi connectivity index (χ4v) is 2.45. The Kier molecular flexibility index (Phi) is 4.12. The molecule has 3 nitrogen and oxygen atoms in total. The summed E-state index contributed by atoms with van der Waals surface area (Å²) < 4.78 is 0. The molecule has 0 aliphatic carbocycles. The SMILES string of the molecule is CCc1ccccc1Nc1nc(CCN)cs1. The van der Waals surface area contributed by atoms with Crippen LogP contribution < -0.4 is 11.1 Å². The molecule has 0 bridgehead atoms. The number of nitrogens with zero attached hydrogens (tertiary/aromatic N) is 1. The number of para-hydroxylation sites is 1. The molecule has 0 aliphatic heterocycles. The van der Waals surface area contributed by atoms with Crippen LogP contribution in [0.5, 0.6) is 0 Å². The third-order valence-corrected chi connectivity index (χ3v) is 3.40. The quantitative estimate of drug-likeness (QED) is 0.854. The first-order valence-corrected chi connectivity index (χ1v) is 6.71. The number of hydrogen-bond acceptors (Lipinski definition) is 4. The molecule has 2 aromatic rings. The lowest BCUT2D eigenvalue weighted by Crippen LogP contribution is -2.03. The summed E-state index contributed by atoms with van der Waals surface area (Å²) >= 11 is 1.63. The van der Waals surface area contributed by atoms with E-state index in [0.29, 0.717) is 6.54 Å². The van der Waals surface area contributed by atoms with Crippen LogP contribution in [0.15, 0.2) is 29.6 Å². The lowest BCUT2D eigenvalue weighted by atomic mass is 10.1. The van der Waals surface area contributed by atoms with Gasteiger partial charge >= 0.3 is 0 Å². The van der Waals surface area contributed by atoms with Crippen molar-refractivity contribution in [1.29, 1.82) is 0 Å². The average Bonchev–Trinajstić information content (AvgIpc) is 2.78. The molecule has 0 spiro atoms. The average molecular weight is 247 g/mol. The maximum absolute atomic E-state index is 5.51. The molecule has 1 aromatic heterocycles. The number of rotatable bonds is 5. The molecule has 90 valence electrons. The van der Waals surface area contributed by atoms with Crippen molar-refractivity contribution in [2.45, 2.75) is 19.8 Å². The van der Waals surface area contributed by atoms with Crippen LogP contribution in [0.4, 0.5) is 10.8 Å². The Hall–Kier alpha value is -1.39. The zero-order valence-corrected chi connectivity index (χ0v) is 10.8. The van der Waals surface area contributed by atoms with E-state index in [9.17, 15) is 0 Å². The van der Waals surface area contributed by atoms with Gasteiger partial charge in [0.05, 0.1) is 5.69 Å². The molecule has 3 N–H and O–H groups in total. The standard InChI is InChI=1S/C13H17N3S/c1-2-10-5-3-4-6-12(10)16-13-15-11(7-8-14)9-17-13/h3-6,9H,2,7-8,14H2,1H3,(H,15,16). The van der Waals surface area contributed by atoms with Crippen molar-refractivity contribution in [1.82, 2.24) is 4.98 Å². The Balaban J connectivity index is 2.13. The zero-order chi connectivity index (χ0) is 12.1.